The highest BCUT2D eigenvalue weighted by atomic mass is 79.9. The van der Waals surface area contributed by atoms with Gasteiger partial charge in [-0.05, 0) is 35.0 Å². The van der Waals surface area contributed by atoms with E-state index in [1.165, 1.54) is 0 Å². The Bertz CT molecular complexity index is 314. The van der Waals surface area contributed by atoms with Crippen LogP contribution < -0.4 is 10.6 Å². The minimum absolute atomic E-state index is 0.116. The van der Waals surface area contributed by atoms with Crippen molar-refractivity contribution >= 4 is 38.2 Å². The van der Waals surface area contributed by atoms with Gasteiger partial charge in [0.15, 0.2) is 0 Å². The lowest BCUT2D eigenvalue weighted by Crippen LogP contribution is -2.25. The summed E-state index contributed by atoms with van der Waals surface area (Å²) in [5, 5.41) is 2.92. The fourth-order valence-electron chi connectivity index (χ4n) is 1.02. The molecule has 0 bridgehead atoms. The van der Waals surface area contributed by atoms with Gasteiger partial charge in [0.2, 0.25) is 5.91 Å². The third kappa shape index (κ3) is 3.08. The molecule has 0 spiro atoms. The van der Waals surface area contributed by atoms with Gasteiger partial charge in [0.25, 0.3) is 0 Å². The molecule has 14 heavy (non-hydrogen) atoms. The molecule has 1 amide bonds. The Morgan fingerprint density at radius 3 is 2.93 bits per heavy atom. The molecule has 1 aromatic rings. The predicted molar refractivity (Wildman–Crippen MR) is 63.7 cm³/mol. The summed E-state index contributed by atoms with van der Waals surface area (Å²) in [5.41, 5.74) is 5.34. The van der Waals surface area contributed by atoms with Crippen molar-refractivity contribution in [2.24, 2.45) is 5.73 Å². The summed E-state index contributed by atoms with van der Waals surface area (Å²) in [6, 6.07) is 1.94. The van der Waals surface area contributed by atoms with Gasteiger partial charge in [0.05, 0.1) is 5.00 Å². The van der Waals surface area contributed by atoms with Crippen molar-refractivity contribution in [2.45, 2.75) is 12.8 Å². The van der Waals surface area contributed by atoms with Crippen molar-refractivity contribution < 1.29 is 4.79 Å². The van der Waals surface area contributed by atoms with E-state index in [9.17, 15) is 4.79 Å². The van der Waals surface area contributed by atoms with Gasteiger partial charge in [0.1, 0.15) is 0 Å². The van der Waals surface area contributed by atoms with Crippen LogP contribution in [0, 0.1) is 0 Å². The van der Waals surface area contributed by atoms with Gasteiger partial charge in [0, 0.05) is 23.3 Å². The molecule has 0 radical (unpaired) electrons. The van der Waals surface area contributed by atoms with E-state index in [0.717, 1.165) is 15.9 Å². The highest BCUT2D eigenvalue weighted by molar-refractivity contribution is 9.10. The van der Waals surface area contributed by atoms with E-state index in [-0.39, 0.29) is 5.91 Å². The lowest BCUT2D eigenvalue weighted by molar-refractivity contribution is -0.118. The molecule has 2 N–H and O–H groups in total. The maximum absolute atomic E-state index is 11.6. The van der Waals surface area contributed by atoms with Crippen LogP contribution in [-0.2, 0) is 4.79 Å². The number of amides is 1. The fraction of sp³-hybridized carbons (Fsp3) is 0.444. The van der Waals surface area contributed by atoms with Crippen LogP contribution in [0.4, 0.5) is 5.00 Å². The second kappa shape index (κ2) is 5.48. The number of nitrogens with two attached hydrogens (primary N) is 1. The molecule has 1 aromatic heterocycles. The molecule has 1 heterocycles. The molecule has 5 heteroatoms. The van der Waals surface area contributed by atoms with E-state index < -0.39 is 0 Å². The molecule has 0 fully saturated rings. The summed E-state index contributed by atoms with van der Waals surface area (Å²) in [5.74, 6) is 0.116. The van der Waals surface area contributed by atoms with Crippen molar-refractivity contribution in [3.8, 4) is 0 Å². The van der Waals surface area contributed by atoms with E-state index in [4.69, 9.17) is 5.73 Å². The fourth-order valence-corrected chi connectivity index (χ4v) is 2.43. The average molecular weight is 277 g/mol. The molecule has 0 aromatic carbocycles. The molecular weight excluding hydrogens is 264 g/mol. The Morgan fingerprint density at radius 2 is 2.43 bits per heavy atom. The molecule has 0 aliphatic carbocycles. The van der Waals surface area contributed by atoms with E-state index in [1.807, 2.05) is 11.4 Å². The monoisotopic (exact) mass is 276 g/mol. The van der Waals surface area contributed by atoms with Crippen molar-refractivity contribution in [3.05, 3.63) is 15.9 Å². The quantitative estimate of drug-likeness (QED) is 0.917. The minimum atomic E-state index is 0.116. The van der Waals surface area contributed by atoms with E-state index in [2.05, 4.69) is 15.9 Å². The minimum Gasteiger partial charge on any atom is -0.330 e. The SMILES string of the molecule is CN(C(=O)CCCN)c1cc(Br)cs1. The van der Waals surface area contributed by atoms with Crippen molar-refractivity contribution in [1.82, 2.24) is 0 Å². The standard InChI is InChI=1S/C9H13BrN2OS/c1-12(8(13)3-2-4-11)9-5-7(10)6-14-9/h5-6H,2-4,11H2,1H3. The number of rotatable bonds is 4. The Balaban J connectivity index is 2.56. The summed E-state index contributed by atoms with van der Waals surface area (Å²) in [6.07, 6.45) is 1.26. The number of carbonyl (C=O) groups is 1. The van der Waals surface area contributed by atoms with Gasteiger partial charge < -0.3 is 10.6 Å². The van der Waals surface area contributed by atoms with Crippen LogP contribution >= 0.6 is 27.3 Å². The third-order valence-electron chi connectivity index (χ3n) is 1.85. The number of thiophene rings is 1. The molecule has 0 aliphatic rings. The van der Waals surface area contributed by atoms with E-state index in [0.29, 0.717) is 13.0 Å². The zero-order valence-corrected chi connectivity index (χ0v) is 10.4. The lowest BCUT2D eigenvalue weighted by atomic mass is 10.3. The second-order valence-corrected chi connectivity index (χ2v) is 4.75. The van der Waals surface area contributed by atoms with Gasteiger partial charge in [-0.1, -0.05) is 0 Å². The van der Waals surface area contributed by atoms with Gasteiger partial charge in [-0.2, -0.15) is 0 Å². The van der Waals surface area contributed by atoms with Crippen LogP contribution in [0.2, 0.25) is 0 Å². The van der Waals surface area contributed by atoms with Gasteiger partial charge in [-0.25, -0.2) is 0 Å². The predicted octanol–water partition coefficient (Wildman–Crippen LogP) is 2.21. The van der Waals surface area contributed by atoms with Crippen molar-refractivity contribution in [2.75, 3.05) is 18.5 Å². The molecule has 78 valence electrons. The Morgan fingerprint density at radius 1 is 1.71 bits per heavy atom. The van der Waals surface area contributed by atoms with Crippen LogP contribution in [0.1, 0.15) is 12.8 Å². The van der Waals surface area contributed by atoms with Gasteiger partial charge >= 0.3 is 0 Å². The van der Waals surface area contributed by atoms with Crippen molar-refractivity contribution in [3.63, 3.8) is 0 Å². The Labute approximate surface area is 96.0 Å². The van der Waals surface area contributed by atoms with Crippen molar-refractivity contribution in [1.29, 1.82) is 0 Å². The molecule has 0 saturated heterocycles. The van der Waals surface area contributed by atoms with E-state index >= 15 is 0 Å². The first-order valence-electron chi connectivity index (χ1n) is 4.36. The van der Waals surface area contributed by atoms with E-state index in [1.54, 1.807) is 23.3 Å². The number of carbonyl (C=O) groups excluding carboxylic acids is 1. The maximum Gasteiger partial charge on any atom is 0.227 e. The number of anilines is 1. The normalized spacial score (nSPS) is 10.2. The maximum atomic E-state index is 11.6. The Hall–Kier alpha value is -0.390. The van der Waals surface area contributed by atoms with Crippen LogP contribution in [0.5, 0.6) is 0 Å². The summed E-state index contributed by atoms with van der Waals surface area (Å²) in [4.78, 5) is 13.2. The molecule has 1 rings (SSSR count). The summed E-state index contributed by atoms with van der Waals surface area (Å²) in [6.45, 7) is 0.563. The van der Waals surface area contributed by atoms with Gasteiger partial charge in [-0.3, -0.25) is 4.79 Å². The number of hydrogen-bond donors (Lipinski definition) is 1. The summed E-state index contributed by atoms with van der Waals surface area (Å²) in [7, 11) is 1.79. The zero-order chi connectivity index (χ0) is 10.6. The second-order valence-electron chi connectivity index (χ2n) is 2.95. The lowest BCUT2D eigenvalue weighted by Gasteiger charge is -2.14. The first kappa shape index (κ1) is 11.7. The zero-order valence-electron chi connectivity index (χ0n) is 8.00. The van der Waals surface area contributed by atoms with Crippen LogP contribution in [-0.4, -0.2) is 19.5 Å². The van der Waals surface area contributed by atoms with Crippen LogP contribution in [0.15, 0.2) is 15.9 Å². The van der Waals surface area contributed by atoms with Crippen LogP contribution in [0.25, 0.3) is 0 Å². The highest BCUT2D eigenvalue weighted by Gasteiger charge is 2.11. The molecule has 0 saturated carbocycles. The average Bonchev–Trinajstić information content (AvgIpc) is 2.60. The third-order valence-corrected chi connectivity index (χ3v) is 3.62. The first-order valence-corrected chi connectivity index (χ1v) is 6.03. The Kier molecular flexibility index (Phi) is 4.57. The molecule has 0 aliphatic heterocycles. The topological polar surface area (TPSA) is 46.3 Å². The van der Waals surface area contributed by atoms with Crippen LogP contribution in [0.3, 0.4) is 0 Å². The van der Waals surface area contributed by atoms with Gasteiger partial charge in [-0.15, -0.1) is 11.3 Å². The first-order chi connectivity index (χ1) is 6.65. The highest BCUT2D eigenvalue weighted by Crippen LogP contribution is 2.27. The number of hydrogen-bond acceptors (Lipinski definition) is 3. The summed E-state index contributed by atoms with van der Waals surface area (Å²) < 4.78 is 1.01. The summed E-state index contributed by atoms with van der Waals surface area (Å²) >= 11 is 4.90. The smallest absolute Gasteiger partial charge is 0.227 e. The molecular formula is C9H13BrN2OS. The molecule has 0 atom stereocenters. The molecule has 3 nitrogen and oxygen atoms in total. The number of nitrogens with zero attached hydrogens (tertiary/aromatic N) is 1. The molecule has 0 unspecified atom stereocenters. The largest absolute Gasteiger partial charge is 0.330 e. The number of halogens is 1.